The van der Waals surface area contributed by atoms with E-state index in [1.807, 2.05) is 0 Å². The number of Topliss-reactive ketones (excluding diaryl/α,β-unsaturated/α-hetero) is 2. The van der Waals surface area contributed by atoms with Gasteiger partial charge in [0.15, 0.2) is 46.1 Å². The molecule has 0 spiro atoms. The standard InChI is InChI=1S/2C31H32F4N2O6/c2*1-17(38)15-42-24-10-5-19(13-25(24)41-2)23(39)11-12-30(40,31(33,34)35)26-14-22-28(43-16-29(22,36)20-6-7-20)27(37-26)18-3-8-21(32)9-4-18/h2*3-5,8-10,13-14,17,20,38,40H,6-7,11-12,15-16,36H2,1-2H3/t17-,29+,30+;17-,29+,30-/m11/s1. The first-order valence-electron chi connectivity index (χ1n) is 27.6. The number of nitrogens with zero attached hydrogens (tertiary/aromatic N) is 2. The van der Waals surface area contributed by atoms with Crippen LogP contribution < -0.4 is 39.9 Å². The summed E-state index contributed by atoms with van der Waals surface area (Å²) in [4.78, 5) is 34.6. The molecule has 0 bridgehead atoms. The third kappa shape index (κ3) is 12.8. The Bertz CT molecular complexity index is 3250. The van der Waals surface area contributed by atoms with Crippen molar-refractivity contribution >= 4 is 11.6 Å². The van der Waals surface area contributed by atoms with Gasteiger partial charge in [-0.2, -0.15) is 26.3 Å². The minimum atomic E-state index is -5.22. The number of carbonyl (C=O) groups is 2. The summed E-state index contributed by atoms with van der Waals surface area (Å²) in [7, 11) is 2.67. The maximum Gasteiger partial charge on any atom is 0.422 e. The number of aliphatic hydroxyl groups excluding tert-OH is 2. The molecule has 2 aliphatic carbocycles. The molecule has 10 rings (SSSR count). The molecule has 460 valence electrons. The van der Waals surface area contributed by atoms with Gasteiger partial charge in [0.25, 0.3) is 0 Å². The fraction of sp³-hybridized carbons (Fsp3) is 0.419. The molecule has 0 saturated heterocycles. The molecule has 2 saturated carbocycles. The number of halogens is 8. The van der Waals surface area contributed by atoms with Gasteiger partial charge in [0, 0.05) is 46.2 Å². The monoisotopic (exact) mass is 1210 g/mol. The topological polar surface area (TPSA) is 248 Å². The molecule has 6 atom stereocenters. The summed E-state index contributed by atoms with van der Waals surface area (Å²) < 4.78 is 149. The molecule has 2 aromatic heterocycles. The van der Waals surface area contributed by atoms with E-state index >= 15 is 0 Å². The van der Waals surface area contributed by atoms with E-state index in [4.69, 9.17) is 39.9 Å². The number of fused-ring (bicyclic) bond motifs is 2. The van der Waals surface area contributed by atoms with E-state index in [1.54, 1.807) is 0 Å². The van der Waals surface area contributed by atoms with Crippen molar-refractivity contribution in [2.45, 2.75) is 112 Å². The molecule has 16 nitrogen and oxygen atoms in total. The normalized spacial score (nSPS) is 20.1. The minimum absolute atomic E-state index is 0.00741. The number of nitrogens with two attached hydrogens (primary N) is 2. The van der Waals surface area contributed by atoms with E-state index in [9.17, 15) is 65.1 Å². The van der Waals surface area contributed by atoms with Crippen LogP contribution in [0.4, 0.5) is 35.1 Å². The second-order valence-corrected chi connectivity index (χ2v) is 22.3. The lowest BCUT2D eigenvalue weighted by molar-refractivity contribution is -0.270. The lowest BCUT2D eigenvalue weighted by Gasteiger charge is -2.31. The van der Waals surface area contributed by atoms with Gasteiger partial charge >= 0.3 is 12.4 Å². The largest absolute Gasteiger partial charge is 0.493 e. The third-order valence-corrected chi connectivity index (χ3v) is 15.9. The van der Waals surface area contributed by atoms with E-state index < -0.39 is 107 Å². The minimum Gasteiger partial charge on any atom is -0.493 e. The first-order valence-corrected chi connectivity index (χ1v) is 27.6. The fourth-order valence-electron chi connectivity index (χ4n) is 10.5. The number of aliphatic hydroxyl groups is 4. The van der Waals surface area contributed by atoms with Gasteiger partial charge in [-0.1, -0.05) is 0 Å². The molecule has 2 aliphatic heterocycles. The van der Waals surface area contributed by atoms with Gasteiger partial charge in [-0.05, 0) is 161 Å². The van der Waals surface area contributed by atoms with Crippen LogP contribution in [0.1, 0.15) is 108 Å². The van der Waals surface area contributed by atoms with Crippen molar-refractivity contribution in [1.82, 2.24) is 9.97 Å². The van der Waals surface area contributed by atoms with Crippen LogP contribution in [0.25, 0.3) is 22.5 Å². The molecule has 0 unspecified atom stereocenters. The smallest absolute Gasteiger partial charge is 0.422 e. The van der Waals surface area contributed by atoms with Crippen LogP contribution in [-0.4, -0.2) is 107 Å². The number of aromatic nitrogens is 2. The number of hydrogen-bond acceptors (Lipinski definition) is 16. The number of pyridine rings is 2. The number of hydrogen-bond donors (Lipinski definition) is 6. The maximum absolute atomic E-state index is 14.7. The Morgan fingerprint density at radius 3 is 1.23 bits per heavy atom. The number of benzene rings is 4. The van der Waals surface area contributed by atoms with Crippen molar-refractivity contribution in [3.05, 3.63) is 142 Å². The molecule has 6 aromatic rings. The highest BCUT2D eigenvalue weighted by Crippen LogP contribution is 2.56. The van der Waals surface area contributed by atoms with Gasteiger partial charge in [-0.15, -0.1) is 0 Å². The Kier molecular flexibility index (Phi) is 17.9. The molecular weight excluding hydrogens is 1140 g/mol. The number of rotatable bonds is 22. The summed E-state index contributed by atoms with van der Waals surface area (Å²) in [5.74, 6) is -1.33. The maximum atomic E-state index is 14.7. The highest BCUT2D eigenvalue weighted by atomic mass is 19.4. The highest BCUT2D eigenvalue weighted by molar-refractivity contribution is 5.97. The fourth-order valence-corrected chi connectivity index (χ4v) is 10.5. The van der Waals surface area contributed by atoms with Crippen molar-refractivity contribution in [3.63, 3.8) is 0 Å². The van der Waals surface area contributed by atoms with Gasteiger partial charge in [0.05, 0.1) is 48.9 Å². The second kappa shape index (κ2) is 24.4. The van der Waals surface area contributed by atoms with Gasteiger partial charge in [-0.25, -0.2) is 18.7 Å². The zero-order chi connectivity index (χ0) is 62.3. The summed E-state index contributed by atoms with van der Waals surface area (Å²) >= 11 is 0. The van der Waals surface area contributed by atoms with E-state index in [0.717, 1.165) is 62.1 Å². The number of carbonyl (C=O) groups excluding carboxylic acids is 2. The quantitative estimate of drug-likeness (QED) is 0.0273. The third-order valence-electron chi connectivity index (χ3n) is 15.9. The van der Waals surface area contributed by atoms with Crippen LogP contribution >= 0.6 is 0 Å². The number of ketones is 2. The Hall–Kier alpha value is -7.48. The molecule has 24 heteroatoms. The van der Waals surface area contributed by atoms with Crippen LogP contribution in [0.2, 0.25) is 0 Å². The highest BCUT2D eigenvalue weighted by Gasteiger charge is 2.60. The van der Waals surface area contributed by atoms with Crippen molar-refractivity contribution in [1.29, 1.82) is 0 Å². The summed E-state index contributed by atoms with van der Waals surface area (Å²) in [5, 5.41) is 41.5. The summed E-state index contributed by atoms with van der Waals surface area (Å²) in [6.45, 7) is 3.02. The summed E-state index contributed by atoms with van der Waals surface area (Å²) in [6, 6.07) is 20.5. The molecule has 4 aromatic carbocycles. The zero-order valence-corrected chi connectivity index (χ0v) is 47.2. The molecule has 4 aliphatic rings. The van der Waals surface area contributed by atoms with Gasteiger partial charge < -0.3 is 60.3 Å². The molecular formula is C62H64F8N4O12. The zero-order valence-electron chi connectivity index (χ0n) is 47.2. The first kappa shape index (κ1) is 63.0. The first-order chi connectivity index (χ1) is 40.5. The molecule has 4 heterocycles. The molecule has 0 radical (unpaired) electrons. The Morgan fingerprint density at radius 2 is 0.930 bits per heavy atom. The predicted molar refractivity (Wildman–Crippen MR) is 295 cm³/mol. The molecule has 8 N–H and O–H groups in total. The van der Waals surface area contributed by atoms with E-state index in [2.05, 4.69) is 9.97 Å². The molecule has 0 amide bonds. The van der Waals surface area contributed by atoms with Crippen molar-refractivity contribution in [3.8, 4) is 57.0 Å². The summed E-state index contributed by atoms with van der Waals surface area (Å²) in [6.07, 6.45) is -12.3. The molecule has 86 heavy (non-hydrogen) atoms. The number of methoxy groups -OCH3 is 2. The Morgan fingerprint density at radius 1 is 0.581 bits per heavy atom. The van der Waals surface area contributed by atoms with Crippen LogP contribution in [0.15, 0.2) is 97.1 Å². The SMILES string of the molecule is COc1cc(C(=O)CC[C@@](O)(c2cc3c(c(-c4ccc(F)cc4)n2)OC[C@]3(N)C2CC2)C(F)(F)F)ccc1OC[C@@H](C)O.COc1cc(C(=O)CC[C@](O)(c2cc3c(c(-c4ccc(F)cc4)n2)OC[C@]3(N)C2CC2)C(F)(F)F)ccc1OC[C@@H](C)O. The average Bonchev–Trinajstić information content (AvgIpc) is 1.91. The van der Waals surface area contributed by atoms with E-state index in [-0.39, 0.29) is 118 Å². The number of alkyl halides is 6. The van der Waals surface area contributed by atoms with Crippen molar-refractivity contribution < 1.29 is 93.6 Å². The van der Waals surface area contributed by atoms with Gasteiger partial charge in [-0.3, -0.25) is 9.59 Å². The Labute approximate surface area is 489 Å². The van der Waals surface area contributed by atoms with Gasteiger partial charge in [0.2, 0.25) is 11.2 Å². The lowest BCUT2D eigenvalue weighted by atomic mass is 9.83. The second-order valence-electron chi connectivity index (χ2n) is 22.3. The Balaban J connectivity index is 0.000000205. The van der Waals surface area contributed by atoms with Crippen LogP contribution in [-0.2, 0) is 22.3 Å². The molecule has 2 fully saturated rings. The van der Waals surface area contributed by atoms with Crippen LogP contribution in [0.3, 0.4) is 0 Å². The van der Waals surface area contributed by atoms with Crippen molar-refractivity contribution in [2.24, 2.45) is 23.3 Å². The summed E-state index contributed by atoms with van der Waals surface area (Å²) in [5.41, 5.74) is 3.88. The van der Waals surface area contributed by atoms with Crippen LogP contribution in [0, 0.1) is 23.5 Å². The average molecular weight is 1210 g/mol. The van der Waals surface area contributed by atoms with Gasteiger partial charge in [0.1, 0.15) is 49.4 Å². The van der Waals surface area contributed by atoms with Crippen molar-refractivity contribution in [2.75, 3.05) is 40.6 Å². The lowest BCUT2D eigenvalue weighted by Crippen LogP contribution is -2.44. The van der Waals surface area contributed by atoms with E-state index in [0.29, 0.717) is 0 Å². The predicted octanol–water partition coefficient (Wildman–Crippen LogP) is 10.1. The van der Waals surface area contributed by atoms with E-state index in [1.165, 1.54) is 88.7 Å². The van der Waals surface area contributed by atoms with Crippen LogP contribution in [0.5, 0.6) is 34.5 Å². The number of ether oxygens (including phenoxy) is 6.